The van der Waals surface area contributed by atoms with Gasteiger partial charge in [0.2, 0.25) is 11.8 Å². The lowest BCUT2D eigenvalue weighted by Crippen LogP contribution is -2.48. The molecular weight excluding hydrogens is 344 g/mol. The normalized spacial score (nSPS) is 20.1. The highest BCUT2D eigenvalue weighted by Crippen LogP contribution is 2.34. The third-order valence-electron chi connectivity index (χ3n) is 4.52. The van der Waals surface area contributed by atoms with Crippen LogP contribution >= 0.6 is 11.6 Å². The zero-order chi connectivity index (χ0) is 18.6. The molecule has 25 heavy (non-hydrogen) atoms. The smallest absolute Gasteiger partial charge is 0.307 e. The van der Waals surface area contributed by atoms with E-state index in [9.17, 15) is 19.5 Å². The van der Waals surface area contributed by atoms with Gasteiger partial charge in [-0.3, -0.25) is 25.2 Å². The van der Waals surface area contributed by atoms with Crippen LogP contribution in [0.1, 0.15) is 32.3 Å². The fraction of sp³-hybridized carbons (Fsp3) is 0.389. The predicted molar refractivity (Wildman–Crippen MR) is 93.7 cm³/mol. The summed E-state index contributed by atoms with van der Waals surface area (Å²) in [4.78, 5) is 35.7. The second-order valence-electron chi connectivity index (χ2n) is 6.36. The number of rotatable bonds is 4. The Morgan fingerprint density at radius 1 is 1.04 bits per heavy atom. The molecule has 0 heterocycles. The van der Waals surface area contributed by atoms with Gasteiger partial charge in [-0.1, -0.05) is 34.9 Å². The number of allylic oxidation sites excluding steroid dienone is 2. The minimum atomic E-state index is -1.00. The summed E-state index contributed by atoms with van der Waals surface area (Å²) in [5.74, 6) is -3.35. The molecule has 0 radical (unpaired) electrons. The second kappa shape index (κ2) is 8.16. The van der Waals surface area contributed by atoms with E-state index in [-0.39, 0.29) is 12.3 Å². The first-order valence-electron chi connectivity index (χ1n) is 7.99. The molecule has 1 aliphatic carbocycles. The molecule has 0 saturated heterocycles. The van der Waals surface area contributed by atoms with Crippen LogP contribution in [0.5, 0.6) is 0 Å². The zero-order valence-corrected chi connectivity index (χ0v) is 14.9. The van der Waals surface area contributed by atoms with Gasteiger partial charge in [0, 0.05) is 5.02 Å². The van der Waals surface area contributed by atoms with Crippen LogP contribution in [-0.4, -0.2) is 22.9 Å². The summed E-state index contributed by atoms with van der Waals surface area (Å²) < 4.78 is 0. The number of carboxylic acids is 1. The number of carboxylic acid groups (broad SMARTS) is 1. The number of hydrazine groups is 1. The molecule has 2 rings (SSSR count). The van der Waals surface area contributed by atoms with Gasteiger partial charge in [-0.2, -0.15) is 0 Å². The third-order valence-corrected chi connectivity index (χ3v) is 4.78. The van der Waals surface area contributed by atoms with Crippen molar-refractivity contribution in [3.8, 4) is 0 Å². The largest absolute Gasteiger partial charge is 0.481 e. The van der Waals surface area contributed by atoms with E-state index in [0.717, 1.165) is 16.7 Å². The van der Waals surface area contributed by atoms with Crippen molar-refractivity contribution in [2.45, 2.75) is 33.1 Å². The van der Waals surface area contributed by atoms with Crippen LogP contribution in [0.25, 0.3) is 0 Å². The van der Waals surface area contributed by atoms with Gasteiger partial charge in [0.15, 0.2) is 0 Å². The minimum absolute atomic E-state index is 0.0858. The van der Waals surface area contributed by atoms with E-state index in [0.29, 0.717) is 17.9 Å². The van der Waals surface area contributed by atoms with Crippen LogP contribution in [0.4, 0.5) is 0 Å². The van der Waals surface area contributed by atoms with Crippen molar-refractivity contribution in [3.05, 3.63) is 46.0 Å². The number of hydrogen-bond donors (Lipinski definition) is 3. The maximum atomic E-state index is 12.3. The maximum Gasteiger partial charge on any atom is 0.307 e. The van der Waals surface area contributed by atoms with Gasteiger partial charge in [-0.05, 0) is 44.4 Å². The van der Waals surface area contributed by atoms with Crippen molar-refractivity contribution in [1.82, 2.24) is 10.9 Å². The van der Waals surface area contributed by atoms with Crippen LogP contribution in [0.2, 0.25) is 5.02 Å². The lowest BCUT2D eigenvalue weighted by Gasteiger charge is -2.29. The summed E-state index contributed by atoms with van der Waals surface area (Å²) in [7, 11) is 0. The Bertz CT molecular complexity index is 712. The quantitative estimate of drug-likeness (QED) is 0.565. The second-order valence-corrected chi connectivity index (χ2v) is 6.80. The first-order chi connectivity index (χ1) is 11.8. The highest BCUT2D eigenvalue weighted by atomic mass is 35.5. The number of carbonyl (C=O) groups is 3. The van der Waals surface area contributed by atoms with Gasteiger partial charge in [0.25, 0.3) is 0 Å². The van der Waals surface area contributed by atoms with E-state index < -0.39 is 23.7 Å². The van der Waals surface area contributed by atoms with E-state index in [1.807, 2.05) is 13.8 Å². The molecule has 0 aromatic heterocycles. The van der Waals surface area contributed by atoms with E-state index in [2.05, 4.69) is 10.9 Å². The Morgan fingerprint density at radius 3 is 2.16 bits per heavy atom. The van der Waals surface area contributed by atoms with Crippen molar-refractivity contribution >= 4 is 29.4 Å². The molecule has 0 fully saturated rings. The number of hydrogen-bond acceptors (Lipinski definition) is 3. The summed E-state index contributed by atoms with van der Waals surface area (Å²) in [5.41, 5.74) is 7.48. The molecule has 3 N–H and O–H groups in total. The SMILES string of the molecule is CC1=C(C)CC(C(=O)NNC(=O)Cc2ccc(Cl)cc2)C(C(=O)O)C1. The maximum absolute atomic E-state index is 12.3. The number of amides is 2. The van der Waals surface area contributed by atoms with Crippen LogP contribution < -0.4 is 10.9 Å². The molecule has 0 aliphatic heterocycles. The molecule has 2 unspecified atom stereocenters. The van der Waals surface area contributed by atoms with Crippen molar-refractivity contribution < 1.29 is 19.5 Å². The van der Waals surface area contributed by atoms with Crippen molar-refractivity contribution in [1.29, 1.82) is 0 Å². The summed E-state index contributed by atoms with van der Waals surface area (Å²) in [6, 6.07) is 6.81. The Kier molecular flexibility index (Phi) is 6.20. The number of halogens is 1. The molecule has 6 nitrogen and oxygen atoms in total. The van der Waals surface area contributed by atoms with Gasteiger partial charge in [0.1, 0.15) is 0 Å². The van der Waals surface area contributed by atoms with Gasteiger partial charge in [-0.15, -0.1) is 0 Å². The van der Waals surface area contributed by atoms with E-state index in [1.54, 1.807) is 24.3 Å². The third kappa shape index (κ3) is 5.06. The lowest BCUT2D eigenvalue weighted by molar-refractivity contribution is -0.148. The molecule has 0 bridgehead atoms. The topological polar surface area (TPSA) is 95.5 Å². The van der Waals surface area contributed by atoms with Gasteiger partial charge < -0.3 is 5.11 Å². The molecule has 1 aliphatic rings. The van der Waals surface area contributed by atoms with Crippen LogP contribution in [0, 0.1) is 11.8 Å². The van der Waals surface area contributed by atoms with Crippen LogP contribution in [0.15, 0.2) is 35.4 Å². The molecule has 1 aromatic rings. The molecule has 2 atom stereocenters. The van der Waals surface area contributed by atoms with E-state index in [1.165, 1.54) is 0 Å². The zero-order valence-electron chi connectivity index (χ0n) is 14.1. The Hall–Kier alpha value is -2.34. The van der Waals surface area contributed by atoms with Gasteiger partial charge >= 0.3 is 5.97 Å². The number of carbonyl (C=O) groups excluding carboxylic acids is 2. The molecule has 2 amide bonds. The fourth-order valence-corrected chi connectivity index (χ4v) is 3.01. The van der Waals surface area contributed by atoms with Crippen LogP contribution in [0.3, 0.4) is 0 Å². The van der Waals surface area contributed by atoms with Crippen LogP contribution in [-0.2, 0) is 20.8 Å². The number of benzene rings is 1. The minimum Gasteiger partial charge on any atom is -0.481 e. The average molecular weight is 365 g/mol. The van der Waals surface area contributed by atoms with Crippen molar-refractivity contribution in [2.75, 3.05) is 0 Å². The van der Waals surface area contributed by atoms with Gasteiger partial charge in [-0.25, -0.2) is 0 Å². The lowest BCUT2D eigenvalue weighted by atomic mass is 9.76. The Balaban J connectivity index is 1.93. The molecule has 134 valence electrons. The molecule has 7 heteroatoms. The summed E-state index contributed by atoms with van der Waals surface area (Å²) in [6.45, 7) is 3.78. The molecular formula is C18H21ClN2O4. The molecule has 0 spiro atoms. The van der Waals surface area contributed by atoms with Gasteiger partial charge in [0.05, 0.1) is 18.3 Å². The summed E-state index contributed by atoms with van der Waals surface area (Å²) in [6.07, 6.45) is 0.808. The fourth-order valence-electron chi connectivity index (χ4n) is 2.88. The first-order valence-corrected chi connectivity index (χ1v) is 8.37. The monoisotopic (exact) mass is 364 g/mol. The molecule has 1 aromatic carbocycles. The number of nitrogens with one attached hydrogen (secondary N) is 2. The standard InChI is InChI=1S/C18H21ClN2O4/c1-10-7-14(15(18(24)25)8-11(10)2)17(23)21-20-16(22)9-12-3-5-13(19)6-4-12/h3-6,14-15H,7-9H2,1-2H3,(H,20,22)(H,21,23)(H,24,25). The number of aliphatic carboxylic acids is 1. The summed E-state index contributed by atoms with van der Waals surface area (Å²) in [5, 5.41) is 9.93. The average Bonchev–Trinajstić information content (AvgIpc) is 2.56. The van der Waals surface area contributed by atoms with E-state index >= 15 is 0 Å². The first kappa shape index (κ1) is 19.0. The van der Waals surface area contributed by atoms with E-state index in [4.69, 9.17) is 11.6 Å². The highest BCUT2D eigenvalue weighted by molar-refractivity contribution is 6.30. The van der Waals surface area contributed by atoms with Crippen molar-refractivity contribution in [2.24, 2.45) is 11.8 Å². The van der Waals surface area contributed by atoms with Crippen molar-refractivity contribution in [3.63, 3.8) is 0 Å². The molecule has 0 saturated carbocycles. The Morgan fingerprint density at radius 2 is 1.60 bits per heavy atom. The Labute approximate surface area is 151 Å². The highest BCUT2D eigenvalue weighted by Gasteiger charge is 2.37. The predicted octanol–water partition coefficient (Wildman–Crippen LogP) is 2.48. The summed E-state index contributed by atoms with van der Waals surface area (Å²) >= 11 is 5.79.